The Hall–Kier alpha value is -4.01. The zero-order valence-corrected chi connectivity index (χ0v) is 20.1. The maximum absolute atomic E-state index is 13.4. The highest BCUT2D eigenvalue weighted by Gasteiger charge is 2.58. The molecule has 5 rings (SSSR count). The average Bonchev–Trinajstić information content (AvgIpc) is 3.12. The second-order valence-corrected chi connectivity index (χ2v) is 9.34. The van der Waals surface area contributed by atoms with Crippen LogP contribution in [0.15, 0.2) is 52.6 Å². The highest BCUT2D eigenvalue weighted by molar-refractivity contribution is 6.24. The summed E-state index contributed by atoms with van der Waals surface area (Å²) in [5, 5.41) is 11.1. The van der Waals surface area contributed by atoms with Crippen LogP contribution in [0.2, 0.25) is 0 Å². The van der Waals surface area contributed by atoms with Crippen molar-refractivity contribution in [2.45, 2.75) is 32.6 Å². The number of carbonyl (C=O) groups excluding carboxylic acids is 5. The lowest BCUT2D eigenvalue weighted by Gasteiger charge is -2.42. The lowest BCUT2D eigenvalue weighted by atomic mass is 9.59. The minimum atomic E-state index is -1.04. The molecule has 0 radical (unpaired) electrons. The fraction of sp³-hybridized carbons (Fsp3) is 0.370. The highest BCUT2D eigenvalue weighted by atomic mass is 16.5. The van der Waals surface area contributed by atoms with Crippen LogP contribution >= 0.6 is 0 Å². The first-order valence-electron chi connectivity index (χ1n) is 11.8. The number of ketones is 2. The molecular weight excluding hydrogens is 466 g/mol. The molecule has 1 saturated heterocycles. The third-order valence-corrected chi connectivity index (χ3v) is 7.56. The van der Waals surface area contributed by atoms with E-state index in [4.69, 9.17) is 4.74 Å². The van der Waals surface area contributed by atoms with Crippen molar-refractivity contribution < 1.29 is 38.6 Å². The van der Waals surface area contributed by atoms with Gasteiger partial charge in [0.2, 0.25) is 11.8 Å². The molecule has 1 aromatic rings. The normalized spacial score (nSPS) is 27.2. The van der Waals surface area contributed by atoms with Crippen molar-refractivity contribution in [3.63, 3.8) is 0 Å². The van der Waals surface area contributed by atoms with Gasteiger partial charge in [0.05, 0.1) is 25.6 Å². The van der Waals surface area contributed by atoms with E-state index < -0.39 is 41.6 Å². The Kier molecular flexibility index (Phi) is 5.65. The Labute approximate surface area is 207 Å². The Morgan fingerprint density at radius 2 is 1.89 bits per heavy atom. The lowest BCUT2D eigenvalue weighted by molar-refractivity contribution is -0.137. The summed E-state index contributed by atoms with van der Waals surface area (Å²) in [4.78, 5) is 65.6. The van der Waals surface area contributed by atoms with E-state index in [1.54, 1.807) is 32.0 Å². The van der Waals surface area contributed by atoms with E-state index in [1.807, 2.05) is 6.08 Å². The molecule has 1 fully saturated rings. The summed E-state index contributed by atoms with van der Waals surface area (Å²) >= 11 is 0. The molecule has 0 aromatic heterocycles. The average molecular weight is 491 g/mol. The van der Waals surface area contributed by atoms with E-state index in [2.05, 4.69) is 4.74 Å². The number of nitrogens with zero attached hydrogens (tertiary/aromatic N) is 1. The number of fused-ring (bicyclic) bond motifs is 3. The van der Waals surface area contributed by atoms with E-state index in [-0.39, 0.29) is 47.1 Å². The number of phenolic OH excluding ortho intramolecular Hbond substituents is 1. The zero-order valence-electron chi connectivity index (χ0n) is 20.1. The van der Waals surface area contributed by atoms with Crippen LogP contribution in [0.3, 0.4) is 0 Å². The van der Waals surface area contributed by atoms with Crippen molar-refractivity contribution in [1.29, 1.82) is 0 Å². The topological polar surface area (TPSA) is 127 Å². The molecule has 3 aliphatic carbocycles. The molecule has 4 unspecified atom stereocenters. The Bertz CT molecular complexity index is 1330. The number of hydrogen-bond donors (Lipinski definition) is 1. The van der Waals surface area contributed by atoms with Crippen molar-refractivity contribution in [2.24, 2.45) is 17.8 Å². The largest absolute Gasteiger partial charge is 0.504 e. The van der Waals surface area contributed by atoms with Crippen molar-refractivity contribution in [3.05, 3.63) is 58.2 Å². The Balaban J connectivity index is 1.70. The molecule has 36 heavy (non-hydrogen) atoms. The van der Waals surface area contributed by atoms with Crippen LogP contribution in [0.4, 0.5) is 4.79 Å². The van der Waals surface area contributed by atoms with Gasteiger partial charge in [-0.3, -0.25) is 19.2 Å². The number of carbonyl (C=O) groups is 5. The third kappa shape index (κ3) is 3.26. The molecular formula is C27H25NO8. The first-order valence-corrected chi connectivity index (χ1v) is 11.8. The quantitative estimate of drug-likeness (QED) is 0.388. The van der Waals surface area contributed by atoms with E-state index in [0.29, 0.717) is 28.2 Å². The minimum absolute atomic E-state index is 0.0765. The summed E-state index contributed by atoms with van der Waals surface area (Å²) in [7, 11) is 1.09. The number of aromatic hydroxyl groups is 1. The van der Waals surface area contributed by atoms with Gasteiger partial charge in [0.1, 0.15) is 0 Å². The lowest BCUT2D eigenvalue weighted by Crippen LogP contribution is -2.40. The summed E-state index contributed by atoms with van der Waals surface area (Å²) in [6, 6.07) is 4.96. The van der Waals surface area contributed by atoms with Crippen molar-refractivity contribution >= 4 is 29.5 Å². The Morgan fingerprint density at radius 3 is 2.58 bits per heavy atom. The van der Waals surface area contributed by atoms with Gasteiger partial charge in [0, 0.05) is 28.2 Å². The molecule has 0 saturated carbocycles. The molecule has 3 amide bonds. The first-order chi connectivity index (χ1) is 17.2. The molecule has 186 valence electrons. The molecule has 9 nitrogen and oxygen atoms in total. The van der Waals surface area contributed by atoms with Gasteiger partial charge in [-0.25, -0.2) is 4.79 Å². The van der Waals surface area contributed by atoms with Crippen LogP contribution < -0.4 is 4.74 Å². The summed E-state index contributed by atoms with van der Waals surface area (Å²) < 4.78 is 10.2. The van der Waals surface area contributed by atoms with Gasteiger partial charge in [-0.05, 0) is 44.7 Å². The molecule has 1 N–H and O–H groups in total. The van der Waals surface area contributed by atoms with Crippen LogP contribution in [0, 0.1) is 17.8 Å². The fourth-order valence-corrected chi connectivity index (χ4v) is 6.03. The van der Waals surface area contributed by atoms with Gasteiger partial charge in [-0.1, -0.05) is 23.8 Å². The number of amides is 3. The van der Waals surface area contributed by atoms with Gasteiger partial charge in [0.15, 0.2) is 23.1 Å². The van der Waals surface area contributed by atoms with Crippen LogP contribution in [-0.4, -0.2) is 53.2 Å². The van der Waals surface area contributed by atoms with Crippen LogP contribution in [-0.2, 0) is 23.9 Å². The van der Waals surface area contributed by atoms with Gasteiger partial charge in [-0.2, -0.15) is 4.90 Å². The number of likely N-dealkylation sites (tertiary alicyclic amines) is 1. The molecule has 0 spiro atoms. The van der Waals surface area contributed by atoms with Crippen LogP contribution in [0.5, 0.6) is 11.5 Å². The molecule has 1 aliphatic heterocycles. The van der Waals surface area contributed by atoms with Crippen LogP contribution in [0.1, 0.15) is 38.2 Å². The van der Waals surface area contributed by atoms with Gasteiger partial charge >= 0.3 is 6.09 Å². The van der Waals surface area contributed by atoms with E-state index >= 15 is 0 Å². The third-order valence-electron chi connectivity index (χ3n) is 7.56. The number of phenols is 1. The highest BCUT2D eigenvalue weighted by Crippen LogP contribution is 2.56. The number of para-hydroxylation sites is 1. The number of methoxy groups -OCH3 is 1. The number of allylic oxidation sites excluding steroid dienone is 6. The molecule has 4 atom stereocenters. The van der Waals surface area contributed by atoms with Crippen molar-refractivity contribution in [1.82, 2.24) is 4.90 Å². The SMILES string of the molecule is CCOc1cccc(C2C3=CCC4C(=O)N(C(=O)OC)C(=O)C4C3CC3=C2C(=O)C(C)=CC3=O)c1O. The number of Topliss-reactive ketones (excluding diaryl/α,β-unsaturated/α-hetero) is 1. The predicted molar refractivity (Wildman–Crippen MR) is 125 cm³/mol. The molecule has 9 heteroatoms. The smallest absolute Gasteiger partial charge is 0.423 e. The number of rotatable bonds is 3. The molecule has 1 aromatic carbocycles. The van der Waals surface area contributed by atoms with Crippen LogP contribution in [0.25, 0.3) is 0 Å². The van der Waals surface area contributed by atoms with E-state index in [1.165, 1.54) is 6.08 Å². The maximum atomic E-state index is 13.4. The van der Waals surface area contributed by atoms with Crippen molar-refractivity contribution in [2.75, 3.05) is 13.7 Å². The van der Waals surface area contributed by atoms with Gasteiger partial charge < -0.3 is 14.6 Å². The monoisotopic (exact) mass is 491 g/mol. The number of hydrogen-bond acceptors (Lipinski definition) is 8. The molecule has 0 bridgehead atoms. The zero-order chi connectivity index (χ0) is 25.9. The standard InChI is InChI=1S/C27H25NO8/c1-4-36-19-7-5-6-14(24(19)31)20-13-8-9-15-21(26(33)28(25(15)32)27(34)35-3)16(13)11-17-18(29)10-12(2)23(30)22(17)20/h5-8,10,15-16,20-21,31H,4,9,11H2,1-3H3. The first kappa shape index (κ1) is 23.7. The van der Waals surface area contributed by atoms with E-state index in [0.717, 1.165) is 7.11 Å². The van der Waals surface area contributed by atoms with Crippen molar-refractivity contribution in [3.8, 4) is 11.5 Å². The predicted octanol–water partition coefficient (Wildman–Crippen LogP) is 2.99. The van der Waals surface area contributed by atoms with E-state index in [9.17, 15) is 29.1 Å². The molecule has 1 heterocycles. The maximum Gasteiger partial charge on any atom is 0.423 e. The minimum Gasteiger partial charge on any atom is -0.504 e. The Morgan fingerprint density at radius 1 is 1.14 bits per heavy atom. The second-order valence-electron chi connectivity index (χ2n) is 9.34. The van der Waals surface area contributed by atoms with Gasteiger partial charge in [-0.15, -0.1) is 0 Å². The number of ether oxygens (including phenoxy) is 2. The fourth-order valence-electron chi connectivity index (χ4n) is 6.03. The summed E-state index contributed by atoms with van der Waals surface area (Å²) in [5.74, 6) is -4.96. The van der Waals surface area contributed by atoms with Gasteiger partial charge in [0.25, 0.3) is 0 Å². The summed E-state index contributed by atoms with van der Waals surface area (Å²) in [6.07, 6.45) is 2.30. The number of imide groups is 3. The second kappa shape index (κ2) is 8.58. The number of benzene rings is 1. The molecule has 4 aliphatic rings. The summed E-state index contributed by atoms with van der Waals surface area (Å²) in [5.41, 5.74) is 1.87. The summed E-state index contributed by atoms with van der Waals surface area (Å²) in [6.45, 7) is 3.66.